The quantitative estimate of drug-likeness (QED) is 0.723. The number of amides is 2. The van der Waals surface area contributed by atoms with Crippen LogP contribution in [0.4, 0.5) is 5.69 Å². The van der Waals surface area contributed by atoms with Crippen LogP contribution < -0.4 is 10.6 Å². The Bertz CT molecular complexity index is 927. The van der Waals surface area contributed by atoms with Gasteiger partial charge < -0.3 is 10.6 Å². The van der Waals surface area contributed by atoms with Gasteiger partial charge >= 0.3 is 0 Å². The van der Waals surface area contributed by atoms with Gasteiger partial charge in [0.25, 0.3) is 11.8 Å². The molecule has 0 saturated carbocycles. The Labute approximate surface area is 155 Å². The number of carbonyl (C=O) groups excluding carboxylic acids is 2. The van der Waals surface area contributed by atoms with Crippen molar-refractivity contribution in [2.75, 3.05) is 11.9 Å². The predicted octanol–water partition coefficient (Wildman–Crippen LogP) is 3.55. The standard InChI is InChI=1S/C19H20N4O2S/c1-4-20-17(24)14-5-7-15(8-6-14)22-18(25)16-11-12(2)23(13(16)3)19-21-9-10-26-19/h5-11H,4H2,1-3H3,(H,20,24)(H,22,25). The number of thiazole rings is 1. The molecule has 6 nitrogen and oxygen atoms in total. The molecule has 3 aromatic rings. The van der Waals surface area contributed by atoms with Crippen LogP contribution in [0.15, 0.2) is 41.9 Å². The molecule has 2 aromatic heterocycles. The molecular formula is C19H20N4O2S. The fourth-order valence-electron chi connectivity index (χ4n) is 2.78. The van der Waals surface area contributed by atoms with Gasteiger partial charge in [-0.3, -0.25) is 14.2 Å². The van der Waals surface area contributed by atoms with Gasteiger partial charge in [0.15, 0.2) is 5.13 Å². The van der Waals surface area contributed by atoms with Crippen LogP contribution in [-0.2, 0) is 0 Å². The number of carbonyl (C=O) groups is 2. The molecule has 26 heavy (non-hydrogen) atoms. The summed E-state index contributed by atoms with van der Waals surface area (Å²) in [5, 5.41) is 8.37. The van der Waals surface area contributed by atoms with Gasteiger partial charge in [0, 0.05) is 40.8 Å². The largest absolute Gasteiger partial charge is 0.352 e. The van der Waals surface area contributed by atoms with Crippen molar-refractivity contribution in [2.24, 2.45) is 0 Å². The third-order valence-corrected chi connectivity index (χ3v) is 4.79. The summed E-state index contributed by atoms with van der Waals surface area (Å²) < 4.78 is 1.97. The van der Waals surface area contributed by atoms with Crippen LogP contribution in [0.2, 0.25) is 0 Å². The minimum atomic E-state index is -0.188. The summed E-state index contributed by atoms with van der Waals surface area (Å²) in [5.41, 5.74) is 3.60. The lowest BCUT2D eigenvalue weighted by Gasteiger charge is -2.08. The third-order valence-electron chi connectivity index (χ3n) is 4.03. The molecule has 0 aliphatic carbocycles. The maximum absolute atomic E-state index is 12.7. The Hall–Kier alpha value is -2.93. The number of benzene rings is 1. The maximum atomic E-state index is 12.7. The van der Waals surface area contributed by atoms with Crippen LogP contribution in [0, 0.1) is 13.8 Å². The van der Waals surface area contributed by atoms with Crippen LogP contribution in [0.3, 0.4) is 0 Å². The molecule has 0 aliphatic rings. The fourth-order valence-corrected chi connectivity index (χ4v) is 3.53. The van der Waals surface area contributed by atoms with E-state index in [1.807, 2.05) is 36.8 Å². The predicted molar refractivity (Wildman–Crippen MR) is 103 cm³/mol. The summed E-state index contributed by atoms with van der Waals surface area (Å²) in [6.07, 6.45) is 1.74. The maximum Gasteiger partial charge on any atom is 0.257 e. The minimum absolute atomic E-state index is 0.127. The molecular weight excluding hydrogens is 348 g/mol. The lowest BCUT2D eigenvalue weighted by Crippen LogP contribution is -2.22. The van der Waals surface area contributed by atoms with E-state index in [-0.39, 0.29) is 11.8 Å². The average Bonchev–Trinajstić information content (AvgIpc) is 3.23. The Balaban J connectivity index is 1.79. The summed E-state index contributed by atoms with van der Waals surface area (Å²) in [6, 6.07) is 8.69. The van der Waals surface area contributed by atoms with Crippen molar-refractivity contribution in [3.05, 3.63) is 64.4 Å². The highest BCUT2D eigenvalue weighted by molar-refractivity contribution is 7.12. The molecule has 1 aromatic carbocycles. The van der Waals surface area contributed by atoms with Crippen molar-refractivity contribution in [1.82, 2.24) is 14.9 Å². The topological polar surface area (TPSA) is 76.0 Å². The lowest BCUT2D eigenvalue weighted by molar-refractivity contribution is 0.0955. The molecule has 0 spiro atoms. The molecule has 0 atom stereocenters. The molecule has 0 bridgehead atoms. The van der Waals surface area contributed by atoms with E-state index < -0.39 is 0 Å². The summed E-state index contributed by atoms with van der Waals surface area (Å²) in [7, 11) is 0. The van der Waals surface area contributed by atoms with Crippen molar-refractivity contribution in [1.29, 1.82) is 0 Å². The molecule has 134 valence electrons. The summed E-state index contributed by atoms with van der Waals surface area (Å²) >= 11 is 1.52. The highest BCUT2D eigenvalue weighted by Gasteiger charge is 2.18. The van der Waals surface area contributed by atoms with Crippen molar-refractivity contribution in [3.63, 3.8) is 0 Å². The summed E-state index contributed by atoms with van der Waals surface area (Å²) in [5.74, 6) is -0.316. The van der Waals surface area contributed by atoms with Gasteiger partial charge in [0.2, 0.25) is 0 Å². The van der Waals surface area contributed by atoms with Crippen molar-refractivity contribution in [2.45, 2.75) is 20.8 Å². The van der Waals surface area contributed by atoms with E-state index in [0.717, 1.165) is 16.5 Å². The number of hydrogen-bond acceptors (Lipinski definition) is 4. The molecule has 0 fully saturated rings. The second kappa shape index (κ2) is 7.53. The molecule has 2 N–H and O–H groups in total. The van der Waals surface area contributed by atoms with E-state index in [1.54, 1.807) is 30.5 Å². The van der Waals surface area contributed by atoms with E-state index in [0.29, 0.717) is 23.4 Å². The summed E-state index contributed by atoms with van der Waals surface area (Å²) in [4.78, 5) is 28.8. The van der Waals surface area contributed by atoms with Gasteiger partial charge in [-0.15, -0.1) is 11.3 Å². The van der Waals surface area contributed by atoms with Gasteiger partial charge in [0.05, 0.1) is 5.56 Å². The number of rotatable bonds is 5. The monoisotopic (exact) mass is 368 g/mol. The van der Waals surface area contributed by atoms with Gasteiger partial charge in [-0.05, 0) is 51.1 Å². The average molecular weight is 368 g/mol. The number of nitrogens with zero attached hydrogens (tertiary/aromatic N) is 2. The highest BCUT2D eigenvalue weighted by Crippen LogP contribution is 2.23. The SMILES string of the molecule is CCNC(=O)c1ccc(NC(=O)c2cc(C)n(-c3nccs3)c2C)cc1. The van der Waals surface area contributed by atoms with Gasteiger partial charge in [-0.1, -0.05) is 0 Å². The number of anilines is 1. The van der Waals surface area contributed by atoms with Crippen LogP contribution in [0.5, 0.6) is 0 Å². The number of nitrogens with one attached hydrogen (secondary N) is 2. The van der Waals surface area contributed by atoms with Crippen molar-refractivity contribution in [3.8, 4) is 5.13 Å². The number of aryl methyl sites for hydroxylation is 1. The van der Waals surface area contributed by atoms with E-state index in [9.17, 15) is 9.59 Å². The van der Waals surface area contributed by atoms with E-state index in [1.165, 1.54) is 11.3 Å². The highest BCUT2D eigenvalue weighted by atomic mass is 32.1. The molecule has 3 rings (SSSR count). The Morgan fingerprint density at radius 2 is 1.88 bits per heavy atom. The molecule has 2 amide bonds. The molecule has 0 aliphatic heterocycles. The van der Waals surface area contributed by atoms with Crippen molar-refractivity contribution >= 4 is 28.8 Å². The fraction of sp³-hybridized carbons (Fsp3) is 0.211. The lowest BCUT2D eigenvalue weighted by atomic mass is 10.1. The first-order chi connectivity index (χ1) is 12.5. The second-order valence-electron chi connectivity index (χ2n) is 5.83. The third kappa shape index (κ3) is 3.52. The van der Waals surface area contributed by atoms with Crippen LogP contribution >= 0.6 is 11.3 Å². The van der Waals surface area contributed by atoms with Gasteiger partial charge in [0.1, 0.15) is 0 Å². The van der Waals surface area contributed by atoms with Gasteiger partial charge in [-0.2, -0.15) is 0 Å². The van der Waals surface area contributed by atoms with Crippen LogP contribution in [-0.4, -0.2) is 27.9 Å². The van der Waals surface area contributed by atoms with E-state index in [2.05, 4.69) is 15.6 Å². The Morgan fingerprint density at radius 3 is 2.50 bits per heavy atom. The first-order valence-electron chi connectivity index (χ1n) is 8.29. The molecule has 7 heteroatoms. The molecule has 0 radical (unpaired) electrons. The zero-order valence-corrected chi connectivity index (χ0v) is 15.7. The van der Waals surface area contributed by atoms with Crippen molar-refractivity contribution < 1.29 is 9.59 Å². The zero-order chi connectivity index (χ0) is 18.7. The summed E-state index contributed by atoms with van der Waals surface area (Å²) in [6.45, 7) is 6.30. The van der Waals surface area contributed by atoms with Crippen LogP contribution in [0.25, 0.3) is 5.13 Å². The first kappa shape index (κ1) is 17.9. The first-order valence-corrected chi connectivity index (χ1v) is 9.17. The molecule has 0 saturated heterocycles. The molecule has 2 heterocycles. The number of aromatic nitrogens is 2. The van der Waals surface area contributed by atoms with Gasteiger partial charge in [-0.25, -0.2) is 4.98 Å². The zero-order valence-electron chi connectivity index (χ0n) is 14.9. The van der Waals surface area contributed by atoms with Crippen LogP contribution in [0.1, 0.15) is 39.0 Å². The number of hydrogen-bond donors (Lipinski definition) is 2. The smallest absolute Gasteiger partial charge is 0.257 e. The Kier molecular flexibility index (Phi) is 5.18. The Morgan fingerprint density at radius 1 is 1.15 bits per heavy atom. The van der Waals surface area contributed by atoms with E-state index >= 15 is 0 Å². The normalized spacial score (nSPS) is 10.6. The second-order valence-corrected chi connectivity index (χ2v) is 6.70. The minimum Gasteiger partial charge on any atom is -0.352 e. The molecule has 0 unspecified atom stereocenters. The van der Waals surface area contributed by atoms with E-state index in [4.69, 9.17) is 0 Å².